The van der Waals surface area contributed by atoms with E-state index in [1.807, 2.05) is 42.6 Å². The molecule has 3 aromatic rings. The second-order valence-electron chi connectivity index (χ2n) is 4.80. The van der Waals surface area contributed by atoms with E-state index in [1.165, 1.54) is 18.7 Å². The molecule has 0 aliphatic heterocycles. The molecular weight excluding hydrogens is 518 g/mol. The number of pyridine rings is 1. The van der Waals surface area contributed by atoms with Gasteiger partial charge < -0.3 is 0 Å². The van der Waals surface area contributed by atoms with E-state index in [4.69, 9.17) is 4.55 Å². The average Bonchev–Trinajstić information content (AvgIpc) is 2.57. The fraction of sp³-hybridized carbons (Fsp3) is 0.118. The summed E-state index contributed by atoms with van der Waals surface area (Å²) in [4.78, 5) is 11.4. The Labute approximate surface area is 160 Å². The van der Waals surface area contributed by atoms with E-state index in [0.29, 0.717) is 5.82 Å². The molecule has 1 radical (unpaired) electrons. The first-order valence-corrected chi connectivity index (χ1v) is 8.52. The van der Waals surface area contributed by atoms with Gasteiger partial charge in [-0.05, 0) is 31.5 Å². The Balaban J connectivity index is 0.000000244. The molecule has 3 rings (SSSR count). The number of benzene rings is 1. The monoisotopic (exact) mass is 535 g/mol. The summed E-state index contributed by atoms with van der Waals surface area (Å²) in [6.45, 7) is 1.54. The first-order valence-electron chi connectivity index (χ1n) is 7.08. The zero-order valence-electron chi connectivity index (χ0n) is 13.3. The third-order valence-corrected chi connectivity index (χ3v) is 3.64. The standard InChI is InChI=1S/C12H10N.C5H6N2O3S.Ir/c1-2-6-11(7-3-1)10-12-8-4-5-9-13-12;1-4-6-3-2-5(7-4)11(8,9)10;/h1-6,8-9H,10H2;2-3H,1H3,(H,8,9,10);/q-1;;. The van der Waals surface area contributed by atoms with Gasteiger partial charge in [-0.25, -0.2) is 9.97 Å². The van der Waals surface area contributed by atoms with Crippen LogP contribution in [-0.4, -0.2) is 27.9 Å². The van der Waals surface area contributed by atoms with Gasteiger partial charge >= 0.3 is 10.1 Å². The van der Waals surface area contributed by atoms with Crippen LogP contribution in [0.25, 0.3) is 0 Å². The molecule has 6 nitrogen and oxygen atoms in total. The fourth-order valence-corrected chi connectivity index (χ4v) is 2.30. The van der Waals surface area contributed by atoms with Crippen LogP contribution in [-0.2, 0) is 36.6 Å². The van der Waals surface area contributed by atoms with Gasteiger partial charge in [0.15, 0.2) is 5.03 Å². The molecular formula is C17H16IrN3O3S-. The second-order valence-corrected chi connectivity index (χ2v) is 6.17. The topological polar surface area (TPSA) is 93.0 Å². The van der Waals surface area contributed by atoms with E-state index < -0.39 is 10.1 Å². The Bertz CT molecular complexity index is 838. The molecule has 0 spiro atoms. The number of hydrogen-bond donors (Lipinski definition) is 1. The molecule has 1 aromatic carbocycles. The van der Waals surface area contributed by atoms with Crippen molar-refractivity contribution >= 4 is 10.1 Å². The van der Waals surface area contributed by atoms with E-state index in [9.17, 15) is 8.42 Å². The van der Waals surface area contributed by atoms with Gasteiger partial charge in [-0.15, -0.1) is 0 Å². The molecule has 0 saturated heterocycles. The van der Waals surface area contributed by atoms with E-state index in [0.717, 1.165) is 18.2 Å². The van der Waals surface area contributed by atoms with E-state index >= 15 is 0 Å². The van der Waals surface area contributed by atoms with Crippen LogP contribution in [0.4, 0.5) is 0 Å². The molecule has 25 heavy (non-hydrogen) atoms. The van der Waals surface area contributed by atoms with Crippen LogP contribution in [0.1, 0.15) is 17.1 Å². The Morgan fingerprint density at radius 1 is 1.04 bits per heavy atom. The van der Waals surface area contributed by atoms with Gasteiger partial charge in [0.25, 0.3) is 0 Å². The molecule has 0 unspecified atom stereocenters. The third-order valence-electron chi connectivity index (χ3n) is 2.89. The predicted molar refractivity (Wildman–Crippen MR) is 88.9 cm³/mol. The molecule has 0 aliphatic carbocycles. The zero-order valence-corrected chi connectivity index (χ0v) is 16.5. The second kappa shape index (κ2) is 10.1. The largest absolute Gasteiger partial charge is 0.312 e. The maximum absolute atomic E-state index is 10.5. The quantitative estimate of drug-likeness (QED) is 0.315. The van der Waals surface area contributed by atoms with Crippen molar-refractivity contribution in [3.63, 3.8) is 0 Å². The molecule has 0 bridgehead atoms. The van der Waals surface area contributed by atoms with Gasteiger partial charge in [0.05, 0.1) is 0 Å². The van der Waals surface area contributed by atoms with Crippen LogP contribution in [0.15, 0.2) is 66.0 Å². The van der Waals surface area contributed by atoms with Gasteiger partial charge in [-0.1, -0.05) is 6.07 Å². The first-order chi connectivity index (χ1) is 11.4. The molecule has 2 heterocycles. The summed E-state index contributed by atoms with van der Waals surface area (Å²) in [6.07, 6.45) is 3.95. The van der Waals surface area contributed by atoms with Crippen LogP contribution in [0.2, 0.25) is 0 Å². The Morgan fingerprint density at radius 3 is 2.32 bits per heavy atom. The maximum Gasteiger partial charge on any atom is 0.312 e. The maximum atomic E-state index is 10.5. The van der Waals surface area contributed by atoms with Crippen molar-refractivity contribution in [1.82, 2.24) is 15.0 Å². The van der Waals surface area contributed by atoms with Crippen molar-refractivity contribution in [2.45, 2.75) is 18.4 Å². The van der Waals surface area contributed by atoms with Crippen LogP contribution in [0.3, 0.4) is 0 Å². The van der Waals surface area contributed by atoms with Crippen LogP contribution < -0.4 is 0 Å². The molecule has 0 fully saturated rings. The van der Waals surface area contributed by atoms with Crippen molar-refractivity contribution in [2.24, 2.45) is 0 Å². The Hall–Kier alpha value is -1.99. The smallest absolute Gasteiger partial charge is 0.281 e. The summed E-state index contributed by atoms with van der Waals surface area (Å²) < 4.78 is 29.4. The molecule has 0 aliphatic rings. The summed E-state index contributed by atoms with van der Waals surface area (Å²) in [6, 6.07) is 18.3. The summed E-state index contributed by atoms with van der Waals surface area (Å²) in [7, 11) is -4.18. The normalized spacial score (nSPS) is 10.2. The van der Waals surface area contributed by atoms with E-state index in [-0.39, 0.29) is 25.1 Å². The number of aryl methyl sites for hydroxylation is 1. The summed E-state index contributed by atoms with van der Waals surface area (Å²) in [5, 5.41) is -0.370. The minimum atomic E-state index is -4.18. The van der Waals surface area contributed by atoms with Crippen LogP contribution >= 0.6 is 0 Å². The van der Waals surface area contributed by atoms with Crippen molar-refractivity contribution in [3.05, 3.63) is 84.1 Å². The summed E-state index contributed by atoms with van der Waals surface area (Å²) >= 11 is 0. The average molecular weight is 535 g/mol. The number of hydrogen-bond acceptors (Lipinski definition) is 5. The number of aromatic nitrogens is 3. The van der Waals surface area contributed by atoms with Crippen LogP contribution in [0, 0.1) is 13.0 Å². The number of nitrogens with zero attached hydrogens (tertiary/aromatic N) is 3. The summed E-state index contributed by atoms with van der Waals surface area (Å²) in [5.41, 5.74) is 2.27. The zero-order chi connectivity index (χ0) is 17.4. The van der Waals surface area contributed by atoms with Crippen molar-refractivity contribution < 1.29 is 33.1 Å². The third kappa shape index (κ3) is 7.62. The van der Waals surface area contributed by atoms with Crippen molar-refractivity contribution in [1.29, 1.82) is 0 Å². The number of rotatable bonds is 3. The summed E-state index contributed by atoms with van der Waals surface area (Å²) in [5.74, 6) is 0.306. The van der Waals surface area contributed by atoms with Crippen molar-refractivity contribution in [2.75, 3.05) is 0 Å². The Morgan fingerprint density at radius 2 is 1.80 bits per heavy atom. The molecule has 1 N–H and O–H groups in total. The SMILES string of the molecule is Cc1nccc(S(=O)(=O)O)n1.[Ir].[c-]1ccccc1Cc1ccccn1. The molecule has 0 saturated carbocycles. The Kier molecular flexibility index (Phi) is 8.51. The van der Waals surface area contributed by atoms with Gasteiger partial charge in [-0.3, -0.25) is 9.54 Å². The van der Waals surface area contributed by atoms with Gasteiger partial charge in [0.2, 0.25) is 0 Å². The van der Waals surface area contributed by atoms with Crippen LogP contribution in [0.5, 0.6) is 0 Å². The molecule has 0 atom stereocenters. The predicted octanol–water partition coefficient (Wildman–Crippen LogP) is 2.50. The molecule has 133 valence electrons. The minimum absolute atomic E-state index is 0. The minimum Gasteiger partial charge on any atom is -0.281 e. The molecule has 2 aromatic heterocycles. The van der Waals surface area contributed by atoms with Gasteiger partial charge in [0.1, 0.15) is 5.82 Å². The van der Waals surface area contributed by atoms with E-state index in [1.54, 1.807) is 0 Å². The van der Waals surface area contributed by atoms with Crippen molar-refractivity contribution in [3.8, 4) is 0 Å². The van der Waals surface area contributed by atoms with E-state index in [2.05, 4.69) is 27.1 Å². The first kappa shape index (κ1) is 21.1. The fourth-order valence-electron chi connectivity index (χ4n) is 1.82. The molecule has 0 amide bonds. The van der Waals surface area contributed by atoms with Gasteiger partial charge in [-0.2, -0.15) is 44.3 Å². The molecule has 8 heteroatoms. The van der Waals surface area contributed by atoms with Gasteiger partial charge in [0, 0.05) is 38.2 Å².